The Labute approximate surface area is 185 Å². The quantitative estimate of drug-likeness (QED) is 0.463. The topological polar surface area (TPSA) is 58.6 Å². The molecule has 144 valence electrons. The number of hydrogen-bond donors (Lipinski definition) is 1. The average molecular weight is 498 g/mol. The molecule has 1 fully saturated rings. The van der Waals surface area contributed by atoms with Crippen LogP contribution in [0, 0.1) is 0 Å². The first-order chi connectivity index (χ1) is 13.4. The first-order valence-corrected chi connectivity index (χ1v) is 10.6. The predicted molar refractivity (Wildman–Crippen MR) is 119 cm³/mol. The van der Waals surface area contributed by atoms with Gasteiger partial charge in [0.25, 0.3) is 11.8 Å². The van der Waals surface area contributed by atoms with Crippen molar-refractivity contribution < 1.29 is 14.3 Å². The zero-order valence-corrected chi connectivity index (χ0v) is 18.5. The second kappa shape index (κ2) is 9.09. The van der Waals surface area contributed by atoms with Crippen molar-refractivity contribution in [3.63, 3.8) is 0 Å². The summed E-state index contributed by atoms with van der Waals surface area (Å²) in [5.74, 6) is -0.283. The molecule has 0 aromatic heterocycles. The van der Waals surface area contributed by atoms with Crippen molar-refractivity contribution in [2.24, 2.45) is 0 Å². The third-order valence-electron chi connectivity index (χ3n) is 3.68. The van der Waals surface area contributed by atoms with Crippen LogP contribution in [0.1, 0.15) is 22.8 Å². The van der Waals surface area contributed by atoms with E-state index in [9.17, 15) is 9.59 Å². The van der Waals surface area contributed by atoms with Gasteiger partial charge in [-0.3, -0.25) is 15.0 Å². The zero-order chi connectivity index (χ0) is 20.3. The lowest BCUT2D eigenvalue weighted by Crippen LogP contribution is -2.44. The van der Waals surface area contributed by atoms with Gasteiger partial charge in [-0.1, -0.05) is 51.4 Å². The van der Waals surface area contributed by atoms with Crippen LogP contribution in [0.2, 0.25) is 5.02 Å². The van der Waals surface area contributed by atoms with Crippen molar-refractivity contribution in [3.05, 3.63) is 68.0 Å². The number of thiocarbonyl (C=S) groups is 1. The Bertz CT molecular complexity index is 997. The van der Waals surface area contributed by atoms with E-state index in [2.05, 4.69) is 21.4 Å². The highest BCUT2D eigenvalue weighted by Gasteiger charge is 2.34. The largest absolute Gasteiger partial charge is 0.493 e. The molecule has 3 rings (SSSR count). The van der Waals surface area contributed by atoms with E-state index >= 15 is 0 Å². The van der Waals surface area contributed by atoms with Crippen LogP contribution in [0.5, 0.6) is 5.75 Å². The van der Waals surface area contributed by atoms with Gasteiger partial charge in [-0.05, 0) is 55.5 Å². The molecule has 1 saturated heterocycles. The van der Waals surface area contributed by atoms with E-state index in [1.807, 2.05) is 25.1 Å². The molecule has 9 heteroatoms. The number of thioether (sulfide) groups is 1. The molecule has 1 aliphatic heterocycles. The highest BCUT2D eigenvalue weighted by atomic mass is 79.9. The molecule has 0 spiro atoms. The standard InChI is InChI=1S/C19H14BrClN2O3S2/c1-2-26-15-8-7-12(20)9-11(15)10-16-18(25)23(19(27)28-16)22-17(24)13-5-3-4-6-14(13)21/h3-10H,2H2,1H3,(H,22,24)/b16-10+. The maximum Gasteiger partial charge on any atom is 0.285 e. The van der Waals surface area contributed by atoms with Gasteiger partial charge in [0.2, 0.25) is 0 Å². The second-order valence-corrected chi connectivity index (χ2v) is 8.55. The van der Waals surface area contributed by atoms with Gasteiger partial charge in [-0.2, -0.15) is 5.01 Å². The minimum atomic E-state index is -0.513. The highest BCUT2D eigenvalue weighted by molar-refractivity contribution is 9.10. The van der Waals surface area contributed by atoms with Gasteiger partial charge < -0.3 is 4.74 Å². The molecule has 1 heterocycles. The molecule has 0 bridgehead atoms. The summed E-state index contributed by atoms with van der Waals surface area (Å²) in [6.45, 7) is 2.38. The molecule has 0 saturated carbocycles. The molecule has 2 amide bonds. The van der Waals surface area contributed by atoms with E-state index in [-0.39, 0.29) is 14.9 Å². The lowest BCUT2D eigenvalue weighted by atomic mass is 10.2. The summed E-state index contributed by atoms with van der Waals surface area (Å²) in [4.78, 5) is 25.6. The van der Waals surface area contributed by atoms with Crippen molar-refractivity contribution in [1.29, 1.82) is 0 Å². The number of hydrogen-bond acceptors (Lipinski definition) is 5. The number of nitrogens with one attached hydrogen (secondary N) is 1. The molecule has 0 aliphatic carbocycles. The first-order valence-electron chi connectivity index (χ1n) is 8.16. The SMILES string of the molecule is CCOc1ccc(Br)cc1/C=C1/SC(=S)N(NC(=O)c2ccccc2Cl)C1=O. The summed E-state index contributed by atoms with van der Waals surface area (Å²) in [7, 11) is 0. The summed E-state index contributed by atoms with van der Waals surface area (Å²) >= 11 is 15.8. The Morgan fingerprint density at radius 2 is 2.11 bits per heavy atom. The third kappa shape index (κ3) is 4.57. The van der Waals surface area contributed by atoms with E-state index < -0.39 is 11.8 Å². The Morgan fingerprint density at radius 1 is 1.36 bits per heavy atom. The van der Waals surface area contributed by atoms with Crippen molar-refractivity contribution in [2.75, 3.05) is 6.61 Å². The zero-order valence-electron chi connectivity index (χ0n) is 14.6. The van der Waals surface area contributed by atoms with E-state index in [1.54, 1.807) is 30.3 Å². The lowest BCUT2D eigenvalue weighted by Gasteiger charge is -2.16. The molecule has 28 heavy (non-hydrogen) atoms. The molecule has 0 unspecified atom stereocenters. The lowest BCUT2D eigenvalue weighted by molar-refractivity contribution is -0.123. The summed E-state index contributed by atoms with van der Waals surface area (Å²) in [5, 5.41) is 1.34. The molecule has 5 nitrogen and oxygen atoms in total. The number of rotatable bonds is 5. The van der Waals surface area contributed by atoms with Crippen LogP contribution in [0.15, 0.2) is 51.8 Å². The minimum absolute atomic E-state index is 0.226. The van der Waals surface area contributed by atoms with Crippen LogP contribution in [-0.4, -0.2) is 27.8 Å². The summed E-state index contributed by atoms with van der Waals surface area (Å²) < 4.78 is 6.69. The Balaban J connectivity index is 1.84. The molecular formula is C19H14BrClN2O3S2. The van der Waals surface area contributed by atoms with Crippen LogP contribution in [0.3, 0.4) is 0 Å². The van der Waals surface area contributed by atoms with Crippen LogP contribution in [-0.2, 0) is 4.79 Å². The number of carbonyl (C=O) groups is 2. The summed E-state index contributed by atoms with van der Waals surface area (Å²) in [6, 6.07) is 12.1. The normalized spacial score (nSPS) is 15.2. The van der Waals surface area contributed by atoms with Crippen molar-refractivity contribution in [3.8, 4) is 5.75 Å². The molecule has 2 aromatic rings. The van der Waals surface area contributed by atoms with Gasteiger partial charge >= 0.3 is 0 Å². The third-order valence-corrected chi connectivity index (χ3v) is 5.81. The number of halogens is 2. The van der Waals surface area contributed by atoms with E-state index in [1.165, 1.54) is 0 Å². The average Bonchev–Trinajstić information content (AvgIpc) is 2.92. The fraction of sp³-hybridized carbons (Fsp3) is 0.105. The Hall–Kier alpha value is -1.87. The molecule has 1 N–H and O–H groups in total. The van der Waals surface area contributed by atoms with Crippen molar-refractivity contribution in [2.45, 2.75) is 6.92 Å². The summed E-state index contributed by atoms with van der Waals surface area (Å²) in [6.07, 6.45) is 1.69. The van der Waals surface area contributed by atoms with Crippen LogP contribution < -0.4 is 10.2 Å². The Kier molecular flexibility index (Phi) is 6.77. The van der Waals surface area contributed by atoms with Crippen LogP contribution in [0.25, 0.3) is 6.08 Å². The van der Waals surface area contributed by atoms with Crippen LogP contribution in [0.4, 0.5) is 0 Å². The number of carbonyl (C=O) groups excluding carboxylic acids is 2. The fourth-order valence-corrected chi connectivity index (χ4v) is 4.20. The molecular weight excluding hydrogens is 484 g/mol. The van der Waals surface area contributed by atoms with Gasteiger partial charge in [0.05, 0.1) is 22.1 Å². The molecule has 2 aromatic carbocycles. The maximum atomic E-state index is 12.8. The fourth-order valence-electron chi connectivity index (χ4n) is 2.43. The van der Waals surface area contributed by atoms with E-state index in [0.29, 0.717) is 17.3 Å². The maximum absolute atomic E-state index is 12.8. The number of hydrazine groups is 1. The Morgan fingerprint density at radius 3 is 2.82 bits per heavy atom. The van der Waals surface area contributed by atoms with Gasteiger partial charge in [0.15, 0.2) is 4.32 Å². The number of amides is 2. The van der Waals surface area contributed by atoms with Crippen molar-refractivity contribution >= 4 is 73.7 Å². The minimum Gasteiger partial charge on any atom is -0.493 e. The molecule has 1 aliphatic rings. The van der Waals surface area contributed by atoms with Gasteiger partial charge in [-0.15, -0.1) is 0 Å². The van der Waals surface area contributed by atoms with Gasteiger partial charge in [-0.25, -0.2) is 0 Å². The molecule has 0 radical (unpaired) electrons. The molecule has 0 atom stereocenters. The second-order valence-electron chi connectivity index (χ2n) is 5.55. The van der Waals surface area contributed by atoms with Crippen molar-refractivity contribution in [1.82, 2.24) is 10.4 Å². The number of ether oxygens (including phenoxy) is 1. The smallest absolute Gasteiger partial charge is 0.285 e. The highest BCUT2D eigenvalue weighted by Crippen LogP contribution is 2.34. The van der Waals surface area contributed by atoms with Gasteiger partial charge in [0, 0.05) is 10.0 Å². The predicted octanol–water partition coefficient (Wildman–Crippen LogP) is 5.05. The van der Waals surface area contributed by atoms with Crippen LogP contribution >= 0.6 is 51.5 Å². The van der Waals surface area contributed by atoms with E-state index in [0.717, 1.165) is 26.8 Å². The number of benzene rings is 2. The van der Waals surface area contributed by atoms with Gasteiger partial charge in [0.1, 0.15) is 5.75 Å². The first kappa shape index (κ1) is 20.9. The van der Waals surface area contributed by atoms with E-state index in [4.69, 9.17) is 28.6 Å². The monoisotopic (exact) mass is 496 g/mol. The summed E-state index contributed by atoms with van der Waals surface area (Å²) in [5.41, 5.74) is 3.51. The number of nitrogens with zero attached hydrogens (tertiary/aromatic N) is 1.